The summed E-state index contributed by atoms with van der Waals surface area (Å²) in [5.41, 5.74) is 4.02. The van der Waals surface area contributed by atoms with E-state index in [1.807, 2.05) is 0 Å². The summed E-state index contributed by atoms with van der Waals surface area (Å²) >= 11 is 5.85. The molecule has 0 radical (unpaired) electrons. The quantitative estimate of drug-likeness (QED) is 0.786. The number of hydrogen-bond acceptors (Lipinski definition) is 5. The van der Waals surface area contributed by atoms with Gasteiger partial charge in [-0.25, -0.2) is 9.97 Å². The van der Waals surface area contributed by atoms with Gasteiger partial charge in [0, 0.05) is 32.2 Å². The van der Waals surface area contributed by atoms with Crippen LogP contribution in [0.2, 0.25) is 5.15 Å². The first kappa shape index (κ1) is 16.9. The summed E-state index contributed by atoms with van der Waals surface area (Å²) < 4.78 is 0. The molecule has 6 heteroatoms. The van der Waals surface area contributed by atoms with Crippen LogP contribution in [0.3, 0.4) is 0 Å². The Balaban J connectivity index is 1.48. The van der Waals surface area contributed by atoms with Crippen molar-refractivity contribution in [2.24, 2.45) is 0 Å². The van der Waals surface area contributed by atoms with Crippen molar-refractivity contribution in [3.8, 4) is 0 Å². The van der Waals surface area contributed by atoms with Gasteiger partial charge in [-0.3, -0.25) is 4.90 Å². The summed E-state index contributed by atoms with van der Waals surface area (Å²) in [5.74, 6) is 0. The zero-order valence-electron chi connectivity index (χ0n) is 13.5. The van der Waals surface area contributed by atoms with Crippen LogP contribution >= 0.6 is 11.6 Å². The number of rotatable bonds is 6. The molecule has 1 aliphatic rings. The molecule has 1 aromatic heterocycles. The standard InChI is InChI=1S/C18H21ClN4O/c1-13(17-8-18(19)22-12-21-17)20-9-16(24)11-23-7-6-14-4-2-3-5-15(14)10-23/h2-5,8,12,16,20,24H,1,6-7,9-11H2/t16-/m0/s1. The number of β-amino-alcohol motifs (C(OH)–C–C–N with tert-alkyl or cyclic N) is 1. The highest BCUT2D eigenvalue weighted by Crippen LogP contribution is 2.18. The molecular formula is C18H21ClN4O. The van der Waals surface area contributed by atoms with Crippen molar-refractivity contribution < 1.29 is 5.11 Å². The fraction of sp³-hybridized carbons (Fsp3) is 0.333. The normalized spacial score (nSPS) is 15.6. The Morgan fingerprint density at radius 2 is 2.12 bits per heavy atom. The number of fused-ring (bicyclic) bond motifs is 1. The van der Waals surface area contributed by atoms with Gasteiger partial charge in [0.25, 0.3) is 0 Å². The third-order valence-electron chi connectivity index (χ3n) is 4.17. The first-order chi connectivity index (χ1) is 11.6. The topological polar surface area (TPSA) is 61.3 Å². The zero-order valence-corrected chi connectivity index (χ0v) is 14.2. The third kappa shape index (κ3) is 4.32. The van der Waals surface area contributed by atoms with E-state index in [2.05, 4.69) is 51.0 Å². The van der Waals surface area contributed by atoms with Gasteiger partial charge in [-0.2, -0.15) is 0 Å². The molecule has 3 rings (SSSR count). The molecule has 24 heavy (non-hydrogen) atoms. The van der Waals surface area contributed by atoms with Crippen molar-refractivity contribution in [2.75, 3.05) is 19.6 Å². The second-order valence-corrected chi connectivity index (χ2v) is 6.38. The fourth-order valence-corrected chi connectivity index (χ4v) is 3.05. The Bertz CT molecular complexity index is 722. The van der Waals surface area contributed by atoms with E-state index in [0.29, 0.717) is 29.6 Å². The van der Waals surface area contributed by atoms with Gasteiger partial charge in [0.05, 0.1) is 17.5 Å². The largest absolute Gasteiger partial charge is 0.390 e. The number of aromatic nitrogens is 2. The highest BCUT2D eigenvalue weighted by Gasteiger charge is 2.18. The molecule has 1 aliphatic heterocycles. The van der Waals surface area contributed by atoms with E-state index in [9.17, 15) is 5.11 Å². The van der Waals surface area contributed by atoms with Gasteiger partial charge in [-0.05, 0) is 17.5 Å². The monoisotopic (exact) mass is 344 g/mol. The van der Waals surface area contributed by atoms with E-state index in [4.69, 9.17) is 11.6 Å². The minimum Gasteiger partial charge on any atom is -0.390 e. The summed E-state index contributed by atoms with van der Waals surface area (Å²) in [4.78, 5) is 10.2. The van der Waals surface area contributed by atoms with Crippen LogP contribution in [0.15, 0.2) is 43.2 Å². The van der Waals surface area contributed by atoms with E-state index in [0.717, 1.165) is 19.5 Å². The first-order valence-corrected chi connectivity index (χ1v) is 8.37. The van der Waals surface area contributed by atoms with Crippen molar-refractivity contribution >= 4 is 17.3 Å². The van der Waals surface area contributed by atoms with Gasteiger partial charge in [-0.15, -0.1) is 0 Å². The summed E-state index contributed by atoms with van der Waals surface area (Å²) in [6.45, 7) is 6.82. The molecular weight excluding hydrogens is 324 g/mol. The summed E-state index contributed by atoms with van der Waals surface area (Å²) in [5, 5.41) is 13.8. The molecule has 1 atom stereocenters. The molecule has 0 fully saturated rings. The van der Waals surface area contributed by atoms with Gasteiger partial charge >= 0.3 is 0 Å². The van der Waals surface area contributed by atoms with Gasteiger partial charge < -0.3 is 10.4 Å². The van der Waals surface area contributed by atoms with E-state index in [1.165, 1.54) is 17.5 Å². The van der Waals surface area contributed by atoms with Crippen LogP contribution in [-0.2, 0) is 13.0 Å². The van der Waals surface area contributed by atoms with Gasteiger partial charge in [0.1, 0.15) is 11.5 Å². The number of aliphatic hydroxyl groups excluding tert-OH is 1. The Morgan fingerprint density at radius 3 is 2.92 bits per heavy atom. The van der Waals surface area contributed by atoms with Crippen LogP contribution in [0.4, 0.5) is 0 Å². The van der Waals surface area contributed by atoms with Crippen LogP contribution in [0.25, 0.3) is 5.70 Å². The molecule has 0 amide bonds. The fourth-order valence-electron chi connectivity index (χ4n) is 2.90. The third-order valence-corrected chi connectivity index (χ3v) is 4.38. The molecule has 126 valence electrons. The van der Waals surface area contributed by atoms with E-state index in [-0.39, 0.29) is 0 Å². The number of aliphatic hydroxyl groups is 1. The van der Waals surface area contributed by atoms with Crippen LogP contribution < -0.4 is 5.32 Å². The Kier molecular flexibility index (Phi) is 5.45. The van der Waals surface area contributed by atoms with Crippen molar-refractivity contribution in [3.05, 3.63) is 65.2 Å². The number of halogens is 1. The maximum Gasteiger partial charge on any atom is 0.133 e. The molecule has 0 saturated heterocycles. The number of hydrogen-bond donors (Lipinski definition) is 2. The molecule has 1 aromatic carbocycles. The van der Waals surface area contributed by atoms with Crippen LogP contribution in [0.1, 0.15) is 16.8 Å². The summed E-state index contributed by atoms with van der Waals surface area (Å²) in [6.07, 6.45) is 1.94. The second-order valence-electron chi connectivity index (χ2n) is 5.99. The molecule has 5 nitrogen and oxygen atoms in total. The van der Waals surface area contributed by atoms with Gasteiger partial charge in [-0.1, -0.05) is 42.4 Å². The highest BCUT2D eigenvalue weighted by atomic mass is 35.5. The highest BCUT2D eigenvalue weighted by molar-refractivity contribution is 6.29. The minimum atomic E-state index is -0.482. The number of nitrogens with one attached hydrogen (secondary N) is 1. The van der Waals surface area contributed by atoms with Crippen LogP contribution in [-0.4, -0.2) is 45.7 Å². The maximum absolute atomic E-state index is 10.3. The minimum absolute atomic E-state index is 0.371. The lowest BCUT2D eigenvalue weighted by Gasteiger charge is -2.30. The molecule has 2 N–H and O–H groups in total. The number of benzene rings is 1. The Labute approximate surface area is 147 Å². The molecule has 0 unspecified atom stereocenters. The molecule has 2 aromatic rings. The maximum atomic E-state index is 10.3. The zero-order chi connectivity index (χ0) is 16.9. The van der Waals surface area contributed by atoms with Crippen molar-refractivity contribution in [2.45, 2.75) is 19.1 Å². The smallest absolute Gasteiger partial charge is 0.133 e. The lowest BCUT2D eigenvalue weighted by atomic mass is 10.00. The predicted octanol–water partition coefficient (Wildman–Crippen LogP) is 2.11. The SMILES string of the molecule is C=C(NC[C@H](O)CN1CCc2ccccc2C1)c1cc(Cl)ncn1. The van der Waals surface area contributed by atoms with Crippen LogP contribution in [0, 0.1) is 0 Å². The van der Waals surface area contributed by atoms with E-state index >= 15 is 0 Å². The van der Waals surface area contributed by atoms with Gasteiger partial charge in [0.2, 0.25) is 0 Å². The summed E-state index contributed by atoms with van der Waals surface area (Å²) in [7, 11) is 0. The number of nitrogens with zero attached hydrogens (tertiary/aromatic N) is 3. The Morgan fingerprint density at radius 1 is 1.33 bits per heavy atom. The lowest BCUT2D eigenvalue weighted by Crippen LogP contribution is -2.40. The van der Waals surface area contributed by atoms with Crippen molar-refractivity contribution in [1.82, 2.24) is 20.2 Å². The predicted molar refractivity (Wildman–Crippen MR) is 95.5 cm³/mol. The molecule has 0 aliphatic carbocycles. The Hall–Kier alpha value is -1.95. The average Bonchev–Trinajstić information content (AvgIpc) is 2.59. The van der Waals surface area contributed by atoms with E-state index in [1.54, 1.807) is 6.07 Å². The second kappa shape index (κ2) is 7.75. The van der Waals surface area contributed by atoms with Gasteiger partial charge in [0.15, 0.2) is 0 Å². The molecule has 0 bridgehead atoms. The van der Waals surface area contributed by atoms with E-state index < -0.39 is 6.10 Å². The molecule has 2 heterocycles. The van der Waals surface area contributed by atoms with Crippen molar-refractivity contribution in [3.63, 3.8) is 0 Å². The van der Waals surface area contributed by atoms with Crippen molar-refractivity contribution in [1.29, 1.82) is 0 Å². The molecule has 0 saturated carbocycles. The first-order valence-electron chi connectivity index (χ1n) is 7.99. The molecule has 0 spiro atoms. The summed E-state index contributed by atoms with van der Waals surface area (Å²) in [6, 6.07) is 10.1. The van der Waals surface area contributed by atoms with Crippen LogP contribution in [0.5, 0.6) is 0 Å². The lowest BCUT2D eigenvalue weighted by molar-refractivity contribution is 0.107. The average molecular weight is 345 g/mol.